The molecule has 4 rings (SSSR count). The molecule has 27 heavy (non-hydrogen) atoms. The van der Waals surface area contributed by atoms with Gasteiger partial charge in [-0.2, -0.15) is 0 Å². The normalized spacial score (nSPS) is 16.4. The number of nitrogens with one attached hydrogen (secondary N) is 1. The molecule has 1 fully saturated rings. The Balaban J connectivity index is 1.41. The fourth-order valence-electron chi connectivity index (χ4n) is 3.15. The van der Waals surface area contributed by atoms with Crippen molar-refractivity contribution < 1.29 is 9.59 Å². The maximum absolute atomic E-state index is 12.7. The second kappa shape index (κ2) is 7.98. The average molecular weight is 399 g/mol. The lowest BCUT2D eigenvalue weighted by Gasteiger charge is -2.23. The first-order valence-electron chi connectivity index (χ1n) is 8.70. The minimum atomic E-state index is -0.431. The van der Waals surface area contributed by atoms with Crippen molar-refractivity contribution in [1.82, 2.24) is 14.9 Å². The molecule has 1 saturated heterocycles. The van der Waals surface area contributed by atoms with Crippen LogP contribution in [0.25, 0.3) is 11.4 Å². The van der Waals surface area contributed by atoms with Crippen LogP contribution in [-0.4, -0.2) is 39.3 Å². The number of amides is 2. The summed E-state index contributed by atoms with van der Waals surface area (Å²) < 4.78 is 0. The number of hydrogen-bond donors (Lipinski definition) is 1. The highest BCUT2D eigenvalue weighted by atomic mass is 32.1. The second-order valence-electron chi connectivity index (χ2n) is 6.24. The predicted molar refractivity (Wildman–Crippen MR) is 107 cm³/mol. The summed E-state index contributed by atoms with van der Waals surface area (Å²) in [6.45, 7) is 0.624. The Hall–Kier alpha value is -2.58. The Morgan fingerprint density at radius 3 is 2.89 bits per heavy atom. The van der Waals surface area contributed by atoms with Crippen molar-refractivity contribution in [2.45, 2.75) is 25.3 Å². The minimum Gasteiger partial charge on any atom is -0.330 e. The number of aromatic nitrogens is 2. The van der Waals surface area contributed by atoms with Crippen molar-refractivity contribution in [2.24, 2.45) is 0 Å². The van der Waals surface area contributed by atoms with E-state index >= 15 is 0 Å². The van der Waals surface area contributed by atoms with Crippen LogP contribution < -0.4 is 5.32 Å². The first-order valence-corrected chi connectivity index (χ1v) is 10.5. The molecule has 1 unspecified atom stereocenters. The van der Waals surface area contributed by atoms with Crippen molar-refractivity contribution >= 4 is 39.6 Å². The number of thiophene rings is 1. The summed E-state index contributed by atoms with van der Waals surface area (Å²) in [5.41, 5.74) is 1.50. The second-order valence-corrected chi connectivity index (χ2v) is 8.13. The van der Waals surface area contributed by atoms with Gasteiger partial charge < -0.3 is 10.2 Å². The van der Waals surface area contributed by atoms with Crippen LogP contribution in [0.3, 0.4) is 0 Å². The van der Waals surface area contributed by atoms with Crippen LogP contribution in [0, 0.1) is 0 Å². The zero-order chi connectivity index (χ0) is 18.6. The van der Waals surface area contributed by atoms with Crippen LogP contribution in [0.15, 0.2) is 47.3 Å². The Morgan fingerprint density at radius 2 is 2.11 bits per heavy atom. The van der Waals surface area contributed by atoms with E-state index in [4.69, 9.17) is 0 Å². The third-order valence-electron chi connectivity index (χ3n) is 4.44. The zero-order valence-corrected chi connectivity index (χ0v) is 16.1. The van der Waals surface area contributed by atoms with Crippen LogP contribution in [0.1, 0.15) is 17.7 Å². The fraction of sp³-hybridized carbons (Fsp3) is 0.263. The van der Waals surface area contributed by atoms with E-state index in [2.05, 4.69) is 15.3 Å². The molecule has 6 nitrogen and oxygen atoms in total. The topological polar surface area (TPSA) is 75.2 Å². The molecular formula is C19H18N4O2S2. The van der Waals surface area contributed by atoms with Crippen LogP contribution in [0.5, 0.6) is 0 Å². The standard InChI is InChI=1S/C19H18N4O2S2/c24-17(11-13-5-4-10-26-13)23-9-3-7-16(23)18(25)22-19-21-15(12-27-19)14-6-1-2-8-20-14/h1-2,4-6,8,10,12,16H,3,7,9,11H2,(H,21,22,25). The monoisotopic (exact) mass is 398 g/mol. The lowest BCUT2D eigenvalue weighted by Crippen LogP contribution is -2.43. The molecule has 0 aromatic carbocycles. The molecule has 4 heterocycles. The third-order valence-corrected chi connectivity index (χ3v) is 6.08. The molecule has 8 heteroatoms. The number of carbonyl (C=O) groups is 2. The molecule has 0 spiro atoms. The predicted octanol–water partition coefficient (Wildman–Crippen LogP) is 3.44. The number of pyridine rings is 1. The summed E-state index contributed by atoms with van der Waals surface area (Å²) in [5, 5.41) is 7.22. The largest absolute Gasteiger partial charge is 0.330 e. The lowest BCUT2D eigenvalue weighted by atomic mass is 10.2. The SMILES string of the molecule is O=C(Nc1nc(-c2ccccn2)cs1)C1CCCN1C(=O)Cc1cccs1. The van der Waals surface area contributed by atoms with Gasteiger partial charge in [-0.1, -0.05) is 12.1 Å². The highest BCUT2D eigenvalue weighted by Gasteiger charge is 2.34. The van der Waals surface area contributed by atoms with E-state index in [1.54, 1.807) is 22.4 Å². The van der Waals surface area contributed by atoms with E-state index in [-0.39, 0.29) is 11.8 Å². The molecule has 1 aliphatic heterocycles. The molecule has 1 aliphatic rings. The summed E-state index contributed by atoms with van der Waals surface area (Å²) in [6.07, 6.45) is 3.58. The quantitative estimate of drug-likeness (QED) is 0.714. The lowest BCUT2D eigenvalue weighted by molar-refractivity contribution is -0.136. The summed E-state index contributed by atoms with van der Waals surface area (Å²) in [5.74, 6) is -0.169. The number of rotatable bonds is 5. The van der Waals surface area contributed by atoms with Gasteiger partial charge in [0.15, 0.2) is 5.13 Å². The van der Waals surface area contributed by atoms with Crippen molar-refractivity contribution in [1.29, 1.82) is 0 Å². The van der Waals surface area contributed by atoms with Crippen LogP contribution in [-0.2, 0) is 16.0 Å². The van der Waals surface area contributed by atoms with E-state index < -0.39 is 6.04 Å². The van der Waals surface area contributed by atoms with Crippen LogP contribution >= 0.6 is 22.7 Å². The molecule has 3 aromatic rings. The fourth-order valence-corrected chi connectivity index (χ4v) is 4.56. The highest BCUT2D eigenvalue weighted by molar-refractivity contribution is 7.14. The number of carbonyl (C=O) groups excluding carboxylic acids is 2. The number of nitrogens with zero attached hydrogens (tertiary/aromatic N) is 3. The van der Waals surface area contributed by atoms with Gasteiger partial charge in [-0.15, -0.1) is 22.7 Å². The minimum absolute atomic E-state index is 0.00316. The first kappa shape index (κ1) is 17.8. The van der Waals surface area contributed by atoms with Gasteiger partial charge in [0.2, 0.25) is 11.8 Å². The molecule has 0 bridgehead atoms. The smallest absolute Gasteiger partial charge is 0.248 e. The number of thiazole rings is 1. The van der Waals surface area contributed by atoms with Gasteiger partial charge in [-0.05, 0) is 36.4 Å². The van der Waals surface area contributed by atoms with E-state index in [0.717, 1.165) is 22.7 Å². The van der Waals surface area contributed by atoms with Crippen LogP contribution in [0.4, 0.5) is 5.13 Å². The van der Waals surface area contributed by atoms with Gasteiger partial charge in [0.1, 0.15) is 11.7 Å². The van der Waals surface area contributed by atoms with Gasteiger partial charge in [-0.3, -0.25) is 14.6 Å². The molecule has 0 saturated carbocycles. The van der Waals surface area contributed by atoms with E-state index in [1.807, 2.05) is 41.1 Å². The molecule has 1 N–H and O–H groups in total. The molecule has 0 aliphatic carbocycles. The molecule has 0 radical (unpaired) electrons. The Bertz CT molecular complexity index is 924. The van der Waals surface area contributed by atoms with Crippen LogP contribution in [0.2, 0.25) is 0 Å². The number of hydrogen-bond acceptors (Lipinski definition) is 6. The number of anilines is 1. The van der Waals surface area contributed by atoms with Crippen molar-refractivity contribution in [3.8, 4) is 11.4 Å². The molecular weight excluding hydrogens is 380 g/mol. The van der Waals surface area contributed by atoms with Crippen molar-refractivity contribution in [3.63, 3.8) is 0 Å². The highest BCUT2D eigenvalue weighted by Crippen LogP contribution is 2.25. The number of likely N-dealkylation sites (tertiary alicyclic amines) is 1. The molecule has 1 atom stereocenters. The Morgan fingerprint density at radius 1 is 1.19 bits per heavy atom. The Labute approximate surface area is 164 Å². The summed E-state index contributed by atoms with van der Waals surface area (Å²) in [7, 11) is 0. The first-order chi connectivity index (χ1) is 13.2. The van der Waals surface area contributed by atoms with Gasteiger partial charge in [-0.25, -0.2) is 4.98 Å². The summed E-state index contributed by atoms with van der Waals surface area (Å²) in [6, 6.07) is 9.07. The molecule has 3 aromatic heterocycles. The molecule has 138 valence electrons. The summed E-state index contributed by atoms with van der Waals surface area (Å²) in [4.78, 5) is 36.8. The maximum Gasteiger partial charge on any atom is 0.248 e. The van der Waals surface area contributed by atoms with Gasteiger partial charge in [0.25, 0.3) is 0 Å². The van der Waals surface area contributed by atoms with E-state index in [0.29, 0.717) is 24.5 Å². The molecule has 2 amide bonds. The zero-order valence-electron chi connectivity index (χ0n) is 14.5. The summed E-state index contributed by atoms with van der Waals surface area (Å²) >= 11 is 2.92. The van der Waals surface area contributed by atoms with Gasteiger partial charge in [0.05, 0.1) is 12.1 Å². The maximum atomic E-state index is 12.7. The van der Waals surface area contributed by atoms with Crippen molar-refractivity contribution in [3.05, 3.63) is 52.2 Å². The van der Waals surface area contributed by atoms with Gasteiger partial charge >= 0.3 is 0 Å². The third kappa shape index (κ3) is 4.06. The average Bonchev–Trinajstić information content (AvgIpc) is 3.44. The van der Waals surface area contributed by atoms with E-state index in [1.165, 1.54) is 11.3 Å². The Kier molecular flexibility index (Phi) is 5.26. The van der Waals surface area contributed by atoms with Crippen molar-refractivity contribution in [2.75, 3.05) is 11.9 Å². The van der Waals surface area contributed by atoms with E-state index in [9.17, 15) is 9.59 Å². The van der Waals surface area contributed by atoms with Gasteiger partial charge in [0, 0.05) is 23.0 Å².